The molecule has 0 aliphatic rings. The average molecular weight is 485 g/mol. The molecule has 0 radical (unpaired) electrons. The highest BCUT2D eigenvalue weighted by Crippen LogP contribution is 2.02. The number of ketones is 2. The van der Waals surface area contributed by atoms with Gasteiger partial charge in [0.05, 0.1) is 33.0 Å². The van der Waals surface area contributed by atoms with Crippen LogP contribution in [-0.2, 0) is 39.8 Å². The van der Waals surface area contributed by atoms with Crippen LogP contribution in [0, 0.1) is 0 Å². The topological polar surface area (TPSA) is 204 Å². The molecule has 13 heteroatoms. The van der Waals surface area contributed by atoms with Crippen molar-refractivity contribution in [2.45, 2.75) is 31.4 Å². The van der Waals surface area contributed by atoms with E-state index in [-0.39, 0.29) is 74.5 Å². The van der Waals surface area contributed by atoms with Crippen LogP contribution < -0.4 is 11.5 Å². The third-order valence-corrected chi connectivity index (χ3v) is 3.80. The Morgan fingerprint density at radius 1 is 0.903 bits per heavy atom. The third kappa shape index (κ3) is 25.6. The van der Waals surface area contributed by atoms with E-state index >= 15 is 0 Å². The summed E-state index contributed by atoms with van der Waals surface area (Å²) in [5.41, 5.74) is 10.5. The number of rotatable bonds is 10. The van der Waals surface area contributed by atoms with E-state index in [1.165, 1.54) is 7.11 Å². The van der Waals surface area contributed by atoms with Gasteiger partial charge in [-0.1, -0.05) is 30.3 Å². The molecule has 0 saturated heterocycles. The normalized spacial score (nSPS) is 9.55. The number of ether oxygens (including phenoxy) is 1. The molecule has 0 amide bonds. The quantitative estimate of drug-likeness (QED) is 0.263. The lowest BCUT2D eigenvalue weighted by Crippen LogP contribution is -2.14. The summed E-state index contributed by atoms with van der Waals surface area (Å²) in [6, 6.07) is 8.52. The van der Waals surface area contributed by atoms with E-state index in [1.807, 2.05) is 0 Å². The number of methoxy groups -OCH3 is 1. The van der Waals surface area contributed by atoms with Gasteiger partial charge in [-0.3, -0.25) is 23.7 Å². The van der Waals surface area contributed by atoms with E-state index in [2.05, 4.69) is 4.74 Å². The van der Waals surface area contributed by atoms with Crippen LogP contribution in [0.25, 0.3) is 0 Å². The maximum atomic E-state index is 10.5. The number of aliphatic carboxylic acids is 1. The number of carbonyl (C=O) groups is 4. The number of hydrogen-bond acceptors (Lipinski definition) is 9. The van der Waals surface area contributed by atoms with Crippen LogP contribution in [0.4, 0.5) is 0 Å². The van der Waals surface area contributed by atoms with Crippen molar-refractivity contribution in [1.29, 1.82) is 0 Å². The van der Waals surface area contributed by atoms with Crippen LogP contribution in [0.1, 0.15) is 31.2 Å². The number of carboxylic acids is 1. The van der Waals surface area contributed by atoms with Crippen LogP contribution >= 0.6 is 12.4 Å². The minimum Gasteiger partial charge on any atom is -0.481 e. The molecule has 11 nitrogen and oxygen atoms in total. The molecule has 0 saturated carbocycles. The third-order valence-electron chi connectivity index (χ3n) is 3.10. The zero-order valence-electron chi connectivity index (χ0n) is 17.1. The van der Waals surface area contributed by atoms with Gasteiger partial charge in [0, 0.05) is 12.8 Å². The number of carbonyl (C=O) groups excluding carboxylic acids is 3. The number of hydrogen-bond donors (Lipinski definition) is 4. The first-order valence-electron chi connectivity index (χ1n) is 8.66. The first-order chi connectivity index (χ1) is 13.9. The zero-order chi connectivity index (χ0) is 23.6. The lowest BCUT2D eigenvalue weighted by atomic mass is 10.2. The first-order valence-corrected chi connectivity index (χ1v) is 10.3. The van der Waals surface area contributed by atoms with E-state index in [0.717, 1.165) is 0 Å². The Morgan fingerprint density at radius 2 is 1.35 bits per heavy atom. The Labute approximate surface area is 187 Å². The lowest BCUT2D eigenvalue weighted by Gasteiger charge is -1.95. The van der Waals surface area contributed by atoms with Gasteiger partial charge in [0.2, 0.25) is 0 Å². The first kappa shape index (κ1) is 33.3. The molecule has 1 aromatic rings. The number of benzene rings is 1. The predicted octanol–water partition coefficient (Wildman–Crippen LogP) is 0.343. The van der Waals surface area contributed by atoms with Crippen molar-refractivity contribution in [2.75, 3.05) is 20.2 Å². The van der Waals surface area contributed by atoms with Gasteiger partial charge < -0.3 is 21.3 Å². The highest BCUT2D eigenvalue weighted by molar-refractivity contribution is 7.85. The summed E-state index contributed by atoms with van der Waals surface area (Å²) in [5, 5.41) is 8.06. The fraction of sp³-hybridized carbons (Fsp3) is 0.444. The van der Waals surface area contributed by atoms with Crippen LogP contribution in [0.5, 0.6) is 0 Å². The van der Waals surface area contributed by atoms with E-state index in [4.69, 9.17) is 21.1 Å². The maximum Gasteiger partial charge on any atom is 0.305 e. The largest absolute Gasteiger partial charge is 0.481 e. The molecule has 0 spiro atoms. The monoisotopic (exact) mass is 484 g/mol. The van der Waals surface area contributed by atoms with Gasteiger partial charge in [0.15, 0.2) is 0 Å². The Hall–Kier alpha value is -2.38. The van der Waals surface area contributed by atoms with E-state index in [0.29, 0.717) is 5.56 Å². The molecule has 0 aliphatic carbocycles. The molecule has 0 atom stereocenters. The van der Waals surface area contributed by atoms with Crippen LogP contribution in [0.15, 0.2) is 30.3 Å². The summed E-state index contributed by atoms with van der Waals surface area (Å²) in [5.74, 6) is -1.98. The van der Waals surface area contributed by atoms with E-state index in [9.17, 15) is 27.6 Å². The lowest BCUT2D eigenvalue weighted by molar-refractivity contribution is -0.141. The summed E-state index contributed by atoms with van der Waals surface area (Å²) >= 11 is 0. The SMILES string of the molecule is COC(=O)CCC(=O)CN.Cl.NCC(=O)CCC(=O)O.O=S(=O)(O)Cc1ccccc1. The smallest absolute Gasteiger partial charge is 0.305 e. The molecule has 178 valence electrons. The number of Topliss-reactive ketones (excluding diaryl/α,β-unsaturated/α-hetero) is 2. The van der Waals surface area contributed by atoms with E-state index in [1.54, 1.807) is 30.3 Å². The molecule has 0 unspecified atom stereocenters. The van der Waals surface area contributed by atoms with Gasteiger partial charge in [-0.2, -0.15) is 8.42 Å². The minimum atomic E-state index is -3.88. The second-order valence-corrected chi connectivity index (χ2v) is 7.12. The van der Waals surface area contributed by atoms with Gasteiger partial charge in [0.1, 0.15) is 17.3 Å². The van der Waals surface area contributed by atoms with Gasteiger partial charge in [-0.05, 0) is 5.56 Å². The molecule has 1 aromatic carbocycles. The Morgan fingerprint density at radius 3 is 1.71 bits per heavy atom. The van der Waals surface area contributed by atoms with Crippen molar-refractivity contribution in [1.82, 2.24) is 0 Å². The molecule has 0 fully saturated rings. The minimum absolute atomic E-state index is 0. The molecule has 0 aromatic heterocycles. The van der Waals surface area contributed by atoms with Crippen molar-refractivity contribution >= 4 is 46.0 Å². The van der Waals surface area contributed by atoms with Crippen molar-refractivity contribution in [3.63, 3.8) is 0 Å². The standard InChI is InChI=1S/C7H8O3S.C6H11NO3.C5H9NO3.ClH/c8-11(9,10)6-7-4-2-1-3-5-7;1-10-6(9)3-2-5(8)4-7;6-3-4(7)1-2-5(8)9;/h1-5H,6H2,(H,8,9,10);2-4,7H2,1H3;1-3,6H2,(H,8,9);1H. The van der Waals surface area contributed by atoms with Crippen molar-refractivity contribution in [3.05, 3.63) is 35.9 Å². The molecule has 1 rings (SSSR count). The van der Waals surface area contributed by atoms with Gasteiger partial charge in [-0.25, -0.2) is 0 Å². The second kappa shape index (κ2) is 19.6. The van der Waals surface area contributed by atoms with Crippen molar-refractivity contribution in [2.24, 2.45) is 11.5 Å². The molecular weight excluding hydrogens is 456 g/mol. The second-order valence-electron chi connectivity index (χ2n) is 5.67. The summed E-state index contributed by atoms with van der Waals surface area (Å²) in [6.07, 6.45) is 0.248. The van der Waals surface area contributed by atoms with Gasteiger partial charge in [-0.15, -0.1) is 12.4 Å². The van der Waals surface area contributed by atoms with Gasteiger partial charge in [0.25, 0.3) is 10.1 Å². The predicted molar refractivity (Wildman–Crippen MR) is 115 cm³/mol. The number of nitrogens with two attached hydrogens (primary N) is 2. The highest BCUT2D eigenvalue weighted by atomic mass is 35.5. The summed E-state index contributed by atoms with van der Waals surface area (Å²) in [7, 11) is -2.59. The number of carboxylic acid groups (broad SMARTS) is 1. The number of halogens is 1. The molecular formula is C18H29ClN2O9S. The van der Waals surface area contributed by atoms with Gasteiger partial charge >= 0.3 is 11.9 Å². The Bertz CT molecular complexity index is 755. The molecule has 6 N–H and O–H groups in total. The zero-order valence-corrected chi connectivity index (χ0v) is 18.7. The number of esters is 1. The average Bonchev–Trinajstić information content (AvgIpc) is 2.70. The molecule has 0 aliphatic heterocycles. The molecule has 31 heavy (non-hydrogen) atoms. The van der Waals surface area contributed by atoms with Crippen LogP contribution in [0.3, 0.4) is 0 Å². The Kier molecular flexibility index (Phi) is 21.0. The summed E-state index contributed by atoms with van der Waals surface area (Å²) in [4.78, 5) is 41.1. The van der Waals surface area contributed by atoms with Crippen molar-refractivity contribution in [3.8, 4) is 0 Å². The highest BCUT2D eigenvalue weighted by Gasteiger charge is 2.05. The fourth-order valence-corrected chi connectivity index (χ4v) is 2.19. The maximum absolute atomic E-state index is 10.5. The van der Waals surface area contributed by atoms with Crippen LogP contribution in [0.2, 0.25) is 0 Å². The van der Waals surface area contributed by atoms with Crippen molar-refractivity contribution < 1.29 is 42.0 Å². The summed E-state index contributed by atoms with van der Waals surface area (Å²) < 4.78 is 33.5. The molecule has 0 heterocycles. The van der Waals surface area contributed by atoms with Crippen LogP contribution in [-0.4, -0.2) is 61.8 Å². The molecule has 0 bridgehead atoms. The van der Waals surface area contributed by atoms with E-state index < -0.39 is 16.1 Å². The summed E-state index contributed by atoms with van der Waals surface area (Å²) in [6.45, 7) is -0.0652. The Balaban J connectivity index is -0.000000376. The fourth-order valence-electron chi connectivity index (χ4n) is 1.58.